The van der Waals surface area contributed by atoms with E-state index in [2.05, 4.69) is 22.3 Å². The number of carbonyl (C=O) groups excluding carboxylic acids is 2. The number of amides is 1. The van der Waals surface area contributed by atoms with E-state index in [4.69, 9.17) is 19.9 Å². The maximum atomic E-state index is 13.2. The molecule has 0 aliphatic carbocycles. The van der Waals surface area contributed by atoms with Crippen LogP contribution in [0.1, 0.15) is 24.1 Å². The number of para-hydroxylation sites is 1. The Morgan fingerprint density at radius 1 is 1.14 bits per heavy atom. The van der Waals surface area contributed by atoms with Crippen molar-refractivity contribution < 1.29 is 23.8 Å². The average Bonchev–Trinajstić information content (AvgIpc) is 3.47. The number of primary amides is 1. The number of carbonyl (C=O) groups is 2. The molecule has 3 unspecified atom stereocenters. The highest BCUT2D eigenvalue weighted by molar-refractivity contribution is 6.06. The van der Waals surface area contributed by atoms with E-state index in [1.165, 1.54) is 5.56 Å². The fourth-order valence-electron chi connectivity index (χ4n) is 5.19. The normalized spacial score (nSPS) is 24.1. The van der Waals surface area contributed by atoms with Crippen LogP contribution in [0.2, 0.25) is 0 Å². The largest absolute Gasteiger partial charge is 0.463 e. The zero-order valence-electron chi connectivity index (χ0n) is 20.3. The van der Waals surface area contributed by atoms with Crippen LogP contribution in [0.25, 0.3) is 0 Å². The van der Waals surface area contributed by atoms with E-state index in [-0.39, 0.29) is 17.8 Å². The minimum Gasteiger partial charge on any atom is -0.463 e. The molecule has 1 saturated heterocycles. The fourth-order valence-corrected chi connectivity index (χ4v) is 5.19. The van der Waals surface area contributed by atoms with E-state index >= 15 is 0 Å². The summed E-state index contributed by atoms with van der Waals surface area (Å²) in [6.07, 6.45) is 2.94. The van der Waals surface area contributed by atoms with E-state index in [1.54, 1.807) is 13.0 Å². The lowest BCUT2D eigenvalue weighted by molar-refractivity contribution is -0.140. The van der Waals surface area contributed by atoms with Gasteiger partial charge in [0.25, 0.3) is 0 Å². The number of esters is 1. The summed E-state index contributed by atoms with van der Waals surface area (Å²) < 4.78 is 17.2. The molecule has 1 fully saturated rings. The minimum absolute atomic E-state index is 0.153. The van der Waals surface area contributed by atoms with Crippen LogP contribution in [0.5, 0.6) is 0 Å². The van der Waals surface area contributed by atoms with Gasteiger partial charge in [-0.15, -0.1) is 0 Å². The number of nitrogens with zero attached hydrogens (tertiary/aromatic N) is 1. The lowest BCUT2D eigenvalue weighted by atomic mass is 9.78. The number of nitrogens with two attached hydrogens (primary N) is 1. The number of anilines is 1. The second kappa shape index (κ2) is 10.3. The standard InChI is InChI=1S/C28H31N3O5/c1-2-35-27(33)24-23(26(29)32)22-12-13-28(24,36-22)25(30-21-6-4-3-5-7-21)20-10-8-19(9-11-20)18-31-14-16-34-17-15-31/h3-13,22,25,30H,2,14-18H2,1H3,(H2,29,32). The van der Waals surface area contributed by atoms with Crippen LogP contribution < -0.4 is 11.1 Å². The number of ether oxygens (including phenoxy) is 3. The van der Waals surface area contributed by atoms with Gasteiger partial charge in [-0.25, -0.2) is 4.79 Å². The third kappa shape index (κ3) is 4.55. The first kappa shape index (κ1) is 24.2. The SMILES string of the molecule is CCOC(=O)C1=C(C(N)=O)C2C=CC1(C(Nc1ccccc1)c1ccc(CN3CCOCC3)cc1)O2. The van der Waals surface area contributed by atoms with Gasteiger partial charge in [0.05, 0.1) is 37.0 Å². The summed E-state index contributed by atoms with van der Waals surface area (Å²) in [5, 5.41) is 3.55. The maximum absolute atomic E-state index is 13.2. The Hall–Kier alpha value is -3.46. The molecule has 0 saturated carbocycles. The highest BCUT2D eigenvalue weighted by Crippen LogP contribution is 2.51. The lowest BCUT2D eigenvalue weighted by Gasteiger charge is -2.36. The van der Waals surface area contributed by atoms with Gasteiger partial charge in [-0.05, 0) is 36.3 Å². The van der Waals surface area contributed by atoms with Crippen LogP contribution in [0, 0.1) is 0 Å². The smallest absolute Gasteiger partial charge is 0.337 e. The molecule has 3 heterocycles. The van der Waals surface area contributed by atoms with Crippen molar-refractivity contribution in [3.05, 3.63) is 89.0 Å². The molecular weight excluding hydrogens is 458 g/mol. The molecule has 8 nitrogen and oxygen atoms in total. The molecule has 0 radical (unpaired) electrons. The number of benzene rings is 2. The predicted molar refractivity (Wildman–Crippen MR) is 135 cm³/mol. The molecule has 2 aromatic carbocycles. The average molecular weight is 490 g/mol. The summed E-state index contributed by atoms with van der Waals surface area (Å²) in [6, 6.07) is 17.4. The quantitative estimate of drug-likeness (QED) is 0.412. The van der Waals surface area contributed by atoms with E-state index in [0.717, 1.165) is 44.1 Å². The number of fused-ring (bicyclic) bond motifs is 2. The number of nitrogens with one attached hydrogen (secondary N) is 1. The number of rotatable bonds is 9. The maximum Gasteiger partial charge on any atom is 0.337 e. The van der Waals surface area contributed by atoms with Gasteiger partial charge in [0.1, 0.15) is 11.7 Å². The van der Waals surface area contributed by atoms with E-state index in [1.807, 2.05) is 48.5 Å². The van der Waals surface area contributed by atoms with Crippen molar-refractivity contribution in [3.63, 3.8) is 0 Å². The van der Waals surface area contributed by atoms with Crippen LogP contribution in [0.4, 0.5) is 5.69 Å². The van der Waals surface area contributed by atoms with Crippen molar-refractivity contribution in [2.24, 2.45) is 5.73 Å². The molecule has 3 aliphatic rings. The van der Waals surface area contributed by atoms with Gasteiger partial charge >= 0.3 is 5.97 Å². The molecule has 2 aromatic rings. The fraction of sp³-hybridized carbons (Fsp3) is 0.357. The van der Waals surface area contributed by atoms with Crippen molar-refractivity contribution in [1.82, 2.24) is 4.90 Å². The third-order valence-corrected chi connectivity index (χ3v) is 6.87. The van der Waals surface area contributed by atoms with Crippen molar-refractivity contribution >= 4 is 17.6 Å². The molecule has 3 N–H and O–H groups in total. The van der Waals surface area contributed by atoms with Gasteiger partial charge < -0.3 is 25.3 Å². The highest BCUT2D eigenvalue weighted by Gasteiger charge is 2.58. The van der Waals surface area contributed by atoms with Crippen molar-refractivity contribution in [2.75, 3.05) is 38.2 Å². The Bertz CT molecular complexity index is 1170. The predicted octanol–water partition coefficient (Wildman–Crippen LogP) is 2.72. The summed E-state index contributed by atoms with van der Waals surface area (Å²) in [6.45, 7) is 6.06. The topological polar surface area (TPSA) is 103 Å². The monoisotopic (exact) mass is 489 g/mol. The first-order chi connectivity index (χ1) is 17.5. The van der Waals surface area contributed by atoms with Crippen molar-refractivity contribution in [2.45, 2.75) is 31.2 Å². The summed E-state index contributed by atoms with van der Waals surface area (Å²) >= 11 is 0. The first-order valence-electron chi connectivity index (χ1n) is 12.3. The Morgan fingerprint density at radius 2 is 1.86 bits per heavy atom. The molecule has 8 heteroatoms. The van der Waals surface area contributed by atoms with Gasteiger partial charge in [-0.3, -0.25) is 9.69 Å². The van der Waals surface area contributed by atoms with Crippen LogP contribution >= 0.6 is 0 Å². The Balaban J connectivity index is 1.53. The highest BCUT2D eigenvalue weighted by atomic mass is 16.5. The zero-order chi connectivity index (χ0) is 25.1. The molecule has 2 bridgehead atoms. The molecule has 188 valence electrons. The molecule has 3 aliphatic heterocycles. The van der Waals surface area contributed by atoms with E-state index in [9.17, 15) is 9.59 Å². The number of morpholine rings is 1. The van der Waals surface area contributed by atoms with E-state index < -0.39 is 29.6 Å². The number of hydrogen-bond acceptors (Lipinski definition) is 7. The summed E-state index contributed by atoms with van der Waals surface area (Å²) in [5.74, 6) is -1.28. The second-order valence-corrected chi connectivity index (χ2v) is 9.14. The van der Waals surface area contributed by atoms with Gasteiger partial charge in [0.15, 0.2) is 0 Å². The van der Waals surface area contributed by atoms with Crippen LogP contribution in [-0.4, -0.2) is 61.4 Å². The lowest BCUT2D eigenvalue weighted by Crippen LogP contribution is -2.42. The molecule has 3 atom stereocenters. The Morgan fingerprint density at radius 3 is 2.53 bits per heavy atom. The first-order valence-corrected chi connectivity index (χ1v) is 12.3. The van der Waals surface area contributed by atoms with Gasteiger partial charge in [0, 0.05) is 25.3 Å². The molecule has 0 aromatic heterocycles. The van der Waals surface area contributed by atoms with E-state index in [0.29, 0.717) is 0 Å². The summed E-state index contributed by atoms with van der Waals surface area (Å²) in [7, 11) is 0. The van der Waals surface area contributed by atoms with Crippen molar-refractivity contribution in [1.29, 1.82) is 0 Å². The molecule has 0 spiro atoms. The third-order valence-electron chi connectivity index (χ3n) is 6.87. The van der Waals surface area contributed by atoms with Gasteiger partial charge in [-0.1, -0.05) is 48.5 Å². The zero-order valence-corrected chi connectivity index (χ0v) is 20.3. The summed E-state index contributed by atoms with van der Waals surface area (Å²) in [4.78, 5) is 27.9. The molecular formula is C28H31N3O5. The Labute approximate surface area is 210 Å². The van der Waals surface area contributed by atoms with Crippen LogP contribution in [0.3, 0.4) is 0 Å². The Kier molecular flexibility index (Phi) is 6.91. The molecule has 36 heavy (non-hydrogen) atoms. The molecule has 1 amide bonds. The van der Waals surface area contributed by atoms with Crippen molar-refractivity contribution in [3.8, 4) is 0 Å². The van der Waals surface area contributed by atoms with Gasteiger partial charge in [0.2, 0.25) is 5.91 Å². The summed E-state index contributed by atoms with van der Waals surface area (Å²) in [5.41, 5.74) is 7.72. The van der Waals surface area contributed by atoms with Gasteiger partial charge in [-0.2, -0.15) is 0 Å². The van der Waals surface area contributed by atoms with Crippen LogP contribution in [-0.2, 0) is 30.3 Å². The molecule has 5 rings (SSSR count). The van der Waals surface area contributed by atoms with Crippen LogP contribution in [0.15, 0.2) is 77.9 Å². The minimum atomic E-state index is -1.25. The number of hydrogen-bond donors (Lipinski definition) is 2. The second-order valence-electron chi connectivity index (χ2n) is 9.14.